The Morgan fingerprint density at radius 2 is 1.90 bits per heavy atom. The molecule has 0 saturated carbocycles. The highest BCUT2D eigenvalue weighted by atomic mass is 16.5. The van der Waals surface area contributed by atoms with Gasteiger partial charge in [-0.2, -0.15) is 5.10 Å². The van der Waals surface area contributed by atoms with Gasteiger partial charge in [0.15, 0.2) is 5.75 Å². The summed E-state index contributed by atoms with van der Waals surface area (Å²) in [5, 5.41) is 4.35. The predicted molar refractivity (Wildman–Crippen MR) is 81.2 cm³/mol. The molecule has 1 aromatic carbocycles. The summed E-state index contributed by atoms with van der Waals surface area (Å²) in [6.07, 6.45) is 1.90. The van der Waals surface area contributed by atoms with Crippen molar-refractivity contribution in [1.82, 2.24) is 9.78 Å². The van der Waals surface area contributed by atoms with E-state index in [0.717, 1.165) is 35.7 Å². The van der Waals surface area contributed by atoms with Gasteiger partial charge in [0.25, 0.3) is 0 Å². The van der Waals surface area contributed by atoms with Crippen LogP contribution in [-0.4, -0.2) is 15.8 Å². The maximum Gasteiger partial charge on any atom is 0.171 e. The zero-order chi connectivity index (χ0) is 14.7. The van der Waals surface area contributed by atoms with Crippen LogP contribution >= 0.6 is 0 Å². The summed E-state index contributed by atoms with van der Waals surface area (Å²) < 4.78 is 7.77. The molecule has 1 aromatic heterocycles. The van der Waals surface area contributed by atoms with E-state index in [4.69, 9.17) is 10.5 Å². The predicted octanol–water partition coefficient (Wildman–Crippen LogP) is 3.11. The van der Waals surface area contributed by atoms with E-state index in [1.165, 1.54) is 5.56 Å². The summed E-state index contributed by atoms with van der Waals surface area (Å²) in [6, 6.07) is 8.36. The standard InChI is InChI=1S/C16H23N3O/c1-5-14(17)10-13-6-8-15(9-7-13)20-16-11(2)18-19(4)12(16)3/h6-9,14H,5,10,17H2,1-4H3. The molecule has 2 aromatic rings. The third-order valence-corrected chi connectivity index (χ3v) is 3.61. The average molecular weight is 273 g/mol. The van der Waals surface area contributed by atoms with E-state index in [-0.39, 0.29) is 6.04 Å². The number of hydrogen-bond acceptors (Lipinski definition) is 3. The summed E-state index contributed by atoms with van der Waals surface area (Å²) in [7, 11) is 1.92. The van der Waals surface area contributed by atoms with Gasteiger partial charge in [0.05, 0.1) is 5.69 Å². The number of hydrogen-bond donors (Lipinski definition) is 1. The van der Waals surface area contributed by atoms with E-state index in [0.29, 0.717) is 0 Å². The number of benzene rings is 1. The van der Waals surface area contributed by atoms with Crippen LogP contribution in [0, 0.1) is 13.8 Å². The smallest absolute Gasteiger partial charge is 0.171 e. The minimum absolute atomic E-state index is 0.226. The van der Waals surface area contributed by atoms with Crippen LogP contribution in [0.3, 0.4) is 0 Å². The molecule has 2 rings (SSSR count). The zero-order valence-electron chi connectivity index (χ0n) is 12.7. The molecule has 108 valence electrons. The lowest BCUT2D eigenvalue weighted by Gasteiger charge is -2.10. The van der Waals surface area contributed by atoms with Gasteiger partial charge in [0, 0.05) is 13.1 Å². The number of aryl methyl sites for hydroxylation is 2. The molecule has 0 radical (unpaired) electrons. The SMILES string of the molecule is CCC(N)Cc1ccc(Oc2c(C)nn(C)c2C)cc1. The highest BCUT2D eigenvalue weighted by molar-refractivity contribution is 5.38. The lowest BCUT2D eigenvalue weighted by molar-refractivity contribution is 0.474. The number of nitrogens with zero attached hydrogens (tertiary/aromatic N) is 2. The number of aromatic nitrogens is 2. The first-order valence-corrected chi connectivity index (χ1v) is 7.03. The van der Waals surface area contributed by atoms with Gasteiger partial charge in [-0.15, -0.1) is 0 Å². The Balaban J connectivity index is 2.11. The van der Waals surface area contributed by atoms with Crippen LogP contribution < -0.4 is 10.5 Å². The monoisotopic (exact) mass is 273 g/mol. The summed E-state index contributed by atoms with van der Waals surface area (Å²) in [6.45, 7) is 6.07. The highest BCUT2D eigenvalue weighted by Crippen LogP contribution is 2.28. The van der Waals surface area contributed by atoms with E-state index in [9.17, 15) is 0 Å². The van der Waals surface area contributed by atoms with Crippen molar-refractivity contribution in [2.75, 3.05) is 0 Å². The summed E-state index contributed by atoms with van der Waals surface area (Å²) in [4.78, 5) is 0. The van der Waals surface area contributed by atoms with Crippen molar-refractivity contribution in [1.29, 1.82) is 0 Å². The van der Waals surface area contributed by atoms with Gasteiger partial charge in [0.1, 0.15) is 11.4 Å². The molecule has 1 heterocycles. The number of ether oxygens (including phenoxy) is 1. The molecule has 0 bridgehead atoms. The molecule has 0 aliphatic heterocycles. The Morgan fingerprint density at radius 3 is 2.40 bits per heavy atom. The molecule has 0 spiro atoms. The van der Waals surface area contributed by atoms with Crippen LogP contribution in [0.25, 0.3) is 0 Å². The first-order chi connectivity index (χ1) is 9.51. The number of rotatable bonds is 5. The first kappa shape index (κ1) is 14.6. The Bertz CT molecular complexity index is 572. The molecule has 1 unspecified atom stereocenters. The van der Waals surface area contributed by atoms with Crippen LogP contribution in [0.5, 0.6) is 11.5 Å². The van der Waals surface area contributed by atoms with Gasteiger partial charge >= 0.3 is 0 Å². The van der Waals surface area contributed by atoms with E-state index < -0.39 is 0 Å². The van der Waals surface area contributed by atoms with Gasteiger partial charge in [-0.3, -0.25) is 4.68 Å². The molecule has 20 heavy (non-hydrogen) atoms. The quantitative estimate of drug-likeness (QED) is 0.910. The molecule has 0 amide bonds. The minimum Gasteiger partial charge on any atom is -0.453 e. The molecule has 4 nitrogen and oxygen atoms in total. The maximum atomic E-state index is 5.97. The largest absolute Gasteiger partial charge is 0.453 e. The van der Waals surface area contributed by atoms with Crippen LogP contribution in [0.2, 0.25) is 0 Å². The molecule has 2 N–H and O–H groups in total. The lowest BCUT2D eigenvalue weighted by atomic mass is 10.0. The molecular formula is C16H23N3O. The van der Waals surface area contributed by atoms with Crippen molar-refractivity contribution in [2.24, 2.45) is 12.8 Å². The van der Waals surface area contributed by atoms with Crippen LogP contribution in [0.1, 0.15) is 30.3 Å². The van der Waals surface area contributed by atoms with Crippen molar-refractivity contribution < 1.29 is 4.74 Å². The zero-order valence-corrected chi connectivity index (χ0v) is 12.7. The fourth-order valence-corrected chi connectivity index (χ4v) is 2.16. The lowest BCUT2D eigenvalue weighted by Crippen LogP contribution is -2.21. The van der Waals surface area contributed by atoms with Gasteiger partial charge in [0.2, 0.25) is 0 Å². The summed E-state index contributed by atoms with van der Waals surface area (Å²) in [5.74, 6) is 1.67. The maximum absolute atomic E-state index is 5.97. The molecule has 0 aliphatic carbocycles. The van der Waals surface area contributed by atoms with Crippen molar-refractivity contribution in [3.8, 4) is 11.5 Å². The van der Waals surface area contributed by atoms with Crippen molar-refractivity contribution in [2.45, 2.75) is 39.7 Å². The molecular weight excluding hydrogens is 250 g/mol. The second-order valence-corrected chi connectivity index (χ2v) is 5.24. The Labute approximate surface area is 120 Å². The van der Waals surface area contributed by atoms with E-state index in [2.05, 4.69) is 24.2 Å². The van der Waals surface area contributed by atoms with Gasteiger partial charge in [-0.1, -0.05) is 19.1 Å². The van der Waals surface area contributed by atoms with E-state index in [1.807, 2.05) is 37.7 Å². The van der Waals surface area contributed by atoms with Gasteiger partial charge < -0.3 is 10.5 Å². The summed E-state index contributed by atoms with van der Waals surface area (Å²) >= 11 is 0. The second-order valence-electron chi connectivity index (χ2n) is 5.24. The topological polar surface area (TPSA) is 53.1 Å². The Hall–Kier alpha value is -1.81. The second kappa shape index (κ2) is 6.09. The third-order valence-electron chi connectivity index (χ3n) is 3.61. The molecule has 0 fully saturated rings. The van der Waals surface area contributed by atoms with Crippen molar-refractivity contribution >= 4 is 0 Å². The Morgan fingerprint density at radius 1 is 1.25 bits per heavy atom. The average Bonchev–Trinajstić information content (AvgIpc) is 2.67. The van der Waals surface area contributed by atoms with Crippen molar-refractivity contribution in [3.63, 3.8) is 0 Å². The summed E-state index contributed by atoms with van der Waals surface area (Å²) in [5.41, 5.74) is 9.14. The molecule has 1 atom stereocenters. The fourth-order valence-electron chi connectivity index (χ4n) is 2.16. The normalized spacial score (nSPS) is 12.4. The molecule has 0 saturated heterocycles. The molecule has 0 aliphatic rings. The minimum atomic E-state index is 0.226. The Kier molecular flexibility index (Phi) is 4.45. The van der Waals surface area contributed by atoms with Crippen LogP contribution in [-0.2, 0) is 13.5 Å². The van der Waals surface area contributed by atoms with E-state index in [1.54, 1.807) is 0 Å². The van der Waals surface area contributed by atoms with Crippen molar-refractivity contribution in [3.05, 3.63) is 41.2 Å². The molecule has 4 heteroatoms. The van der Waals surface area contributed by atoms with Crippen LogP contribution in [0.4, 0.5) is 0 Å². The third kappa shape index (κ3) is 3.20. The van der Waals surface area contributed by atoms with Gasteiger partial charge in [-0.25, -0.2) is 0 Å². The van der Waals surface area contributed by atoms with Crippen LogP contribution in [0.15, 0.2) is 24.3 Å². The first-order valence-electron chi connectivity index (χ1n) is 7.03. The van der Waals surface area contributed by atoms with E-state index >= 15 is 0 Å². The highest BCUT2D eigenvalue weighted by Gasteiger charge is 2.11. The fraction of sp³-hybridized carbons (Fsp3) is 0.438. The van der Waals surface area contributed by atoms with Gasteiger partial charge in [-0.05, 0) is 44.4 Å². The number of nitrogens with two attached hydrogens (primary N) is 1.